The van der Waals surface area contributed by atoms with Crippen LogP contribution in [0.15, 0.2) is 24.8 Å². The minimum Gasteiger partial charge on any atom is -0.372 e. The topological polar surface area (TPSA) is 76.3 Å². The molecule has 0 unspecified atom stereocenters. The van der Waals surface area contributed by atoms with Crippen molar-refractivity contribution in [1.29, 1.82) is 0 Å². The molecular formula is C29H47N7O. The number of H-pyrrole nitrogens is 2. The highest BCUT2D eigenvalue weighted by molar-refractivity contribution is 4.96. The Morgan fingerprint density at radius 3 is 2.16 bits per heavy atom. The van der Waals surface area contributed by atoms with Crippen LogP contribution in [0.25, 0.3) is 0 Å². The van der Waals surface area contributed by atoms with Crippen molar-refractivity contribution < 1.29 is 4.74 Å². The Morgan fingerprint density at radius 2 is 1.54 bits per heavy atom. The molecule has 2 saturated carbocycles. The Balaban J connectivity index is 0.985. The van der Waals surface area contributed by atoms with Gasteiger partial charge in [0.25, 0.3) is 0 Å². The van der Waals surface area contributed by atoms with Crippen molar-refractivity contribution in [3.63, 3.8) is 0 Å². The fourth-order valence-corrected chi connectivity index (χ4v) is 7.65. The molecule has 4 heterocycles. The SMILES string of the molecule is c1c[nH]c(CN(Cc2ncc[nH]2)[C@H]2CC[C@H](CN3CCOC4(CCN(C5CCCCC5)CC4)C3)CC2)n1. The third kappa shape index (κ3) is 6.47. The van der Waals surface area contributed by atoms with Gasteiger partial charge in [-0.05, 0) is 57.3 Å². The largest absolute Gasteiger partial charge is 0.372 e. The van der Waals surface area contributed by atoms with Crippen molar-refractivity contribution in [2.24, 2.45) is 5.92 Å². The normalized spacial score (nSPS) is 28.2. The lowest BCUT2D eigenvalue weighted by Crippen LogP contribution is -2.58. The Bertz CT molecular complexity index is 874. The van der Waals surface area contributed by atoms with Crippen LogP contribution in [0, 0.1) is 5.92 Å². The summed E-state index contributed by atoms with van der Waals surface area (Å²) < 4.78 is 6.52. The molecule has 0 bridgehead atoms. The summed E-state index contributed by atoms with van der Waals surface area (Å²) in [5.74, 6) is 2.89. The molecule has 4 aliphatic rings. The van der Waals surface area contributed by atoms with E-state index in [9.17, 15) is 0 Å². The molecule has 204 valence electrons. The summed E-state index contributed by atoms with van der Waals surface area (Å²) in [5, 5.41) is 0. The molecule has 37 heavy (non-hydrogen) atoms. The van der Waals surface area contributed by atoms with Gasteiger partial charge in [0.1, 0.15) is 11.6 Å². The number of nitrogens with one attached hydrogen (secondary N) is 2. The van der Waals surface area contributed by atoms with Crippen LogP contribution in [0.4, 0.5) is 0 Å². The summed E-state index contributed by atoms with van der Waals surface area (Å²) in [4.78, 5) is 23.7. The fourth-order valence-electron chi connectivity index (χ4n) is 7.65. The van der Waals surface area contributed by atoms with Crippen LogP contribution in [-0.4, -0.2) is 91.7 Å². The van der Waals surface area contributed by atoms with Gasteiger partial charge in [0, 0.05) is 69.6 Å². The van der Waals surface area contributed by atoms with Gasteiger partial charge in [0.05, 0.1) is 25.3 Å². The molecule has 0 amide bonds. The van der Waals surface area contributed by atoms with E-state index in [1.165, 1.54) is 90.3 Å². The first-order valence-corrected chi connectivity index (χ1v) is 15.1. The molecule has 2 saturated heterocycles. The Hall–Kier alpha value is -1.74. The quantitative estimate of drug-likeness (QED) is 0.556. The van der Waals surface area contributed by atoms with Crippen LogP contribution in [0.1, 0.15) is 82.3 Å². The zero-order valence-corrected chi connectivity index (χ0v) is 22.6. The molecule has 0 aromatic carbocycles. The molecule has 0 radical (unpaired) electrons. The van der Waals surface area contributed by atoms with Gasteiger partial charge in [-0.15, -0.1) is 0 Å². The first-order chi connectivity index (χ1) is 18.2. The molecular weight excluding hydrogens is 462 g/mol. The number of nitrogens with zero attached hydrogens (tertiary/aromatic N) is 5. The lowest BCUT2D eigenvalue weighted by atomic mass is 9.83. The number of aromatic amines is 2. The van der Waals surface area contributed by atoms with E-state index in [2.05, 4.69) is 34.6 Å². The molecule has 4 fully saturated rings. The fraction of sp³-hybridized carbons (Fsp3) is 0.793. The standard InChI is InChI=1S/C29H47N7O/c1-2-4-25(5-3-1)35-16-10-29(11-17-35)23-34(18-19-37-29)20-24-6-8-26(9-7-24)36(21-27-30-12-13-31-27)22-28-32-14-15-33-28/h12-15,24-26H,1-11,16-23H2,(H,30,31)(H,32,33)/t24-,26-. The highest BCUT2D eigenvalue weighted by Crippen LogP contribution is 2.35. The summed E-state index contributed by atoms with van der Waals surface area (Å²) >= 11 is 0. The van der Waals surface area contributed by atoms with E-state index in [0.717, 1.165) is 56.4 Å². The highest BCUT2D eigenvalue weighted by Gasteiger charge is 2.41. The molecule has 2 N–H and O–H groups in total. The van der Waals surface area contributed by atoms with Gasteiger partial charge >= 0.3 is 0 Å². The van der Waals surface area contributed by atoms with Crippen molar-refractivity contribution >= 4 is 0 Å². The van der Waals surface area contributed by atoms with Gasteiger partial charge in [-0.25, -0.2) is 9.97 Å². The minimum absolute atomic E-state index is 0.115. The van der Waals surface area contributed by atoms with Gasteiger partial charge in [-0.3, -0.25) is 9.80 Å². The molecule has 2 aliphatic heterocycles. The van der Waals surface area contributed by atoms with Crippen LogP contribution in [-0.2, 0) is 17.8 Å². The summed E-state index contributed by atoms with van der Waals surface area (Å²) in [7, 11) is 0. The third-order valence-electron chi connectivity index (χ3n) is 9.79. The van der Waals surface area contributed by atoms with Crippen molar-refractivity contribution in [3.8, 4) is 0 Å². The monoisotopic (exact) mass is 509 g/mol. The average molecular weight is 510 g/mol. The van der Waals surface area contributed by atoms with E-state index >= 15 is 0 Å². The zero-order chi connectivity index (χ0) is 24.9. The van der Waals surface area contributed by atoms with Gasteiger partial charge in [0.2, 0.25) is 0 Å². The number of likely N-dealkylation sites (tertiary alicyclic amines) is 1. The molecule has 6 rings (SSSR count). The molecule has 2 aliphatic carbocycles. The number of aromatic nitrogens is 4. The van der Waals surface area contributed by atoms with E-state index in [-0.39, 0.29) is 5.60 Å². The lowest BCUT2D eigenvalue weighted by molar-refractivity contribution is -0.142. The maximum Gasteiger partial charge on any atom is 0.120 e. The van der Waals surface area contributed by atoms with Crippen LogP contribution < -0.4 is 0 Å². The lowest BCUT2D eigenvalue weighted by Gasteiger charge is -2.50. The first-order valence-electron chi connectivity index (χ1n) is 15.1. The molecule has 0 atom stereocenters. The number of hydrogen-bond acceptors (Lipinski definition) is 6. The van der Waals surface area contributed by atoms with Crippen LogP contribution >= 0.6 is 0 Å². The molecule has 1 spiro atoms. The summed E-state index contributed by atoms with van der Waals surface area (Å²) in [6.45, 7) is 8.61. The maximum absolute atomic E-state index is 6.52. The van der Waals surface area contributed by atoms with E-state index < -0.39 is 0 Å². The average Bonchev–Trinajstić information content (AvgIpc) is 3.65. The predicted octanol–water partition coefficient (Wildman–Crippen LogP) is 4.19. The Morgan fingerprint density at radius 1 is 0.865 bits per heavy atom. The molecule has 8 nitrogen and oxygen atoms in total. The van der Waals surface area contributed by atoms with Crippen molar-refractivity contribution in [2.75, 3.05) is 39.3 Å². The molecule has 2 aromatic rings. The van der Waals surface area contributed by atoms with Crippen LogP contribution in [0.2, 0.25) is 0 Å². The summed E-state index contributed by atoms with van der Waals surface area (Å²) in [6.07, 6.45) is 22.3. The van der Waals surface area contributed by atoms with Crippen molar-refractivity contribution in [3.05, 3.63) is 36.4 Å². The second-order valence-electron chi connectivity index (χ2n) is 12.2. The van der Waals surface area contributed by atoms with Gasteiger partial charge in [-0.1, -0.05) is 19.3 Å². The first kappa shape index (κ1) is 25.5. The van der Waals surface area contributed by atoms with E-state index in [1.807, 2.05) is 24.8 Å². The van der Waals surface area contributed by atoms with E-state index in [4.69, 9.17) is 4.74 Å². The number of hydrogen-bond donors (Lipinski definition) is 2. The third-order valence-corrected chi connectivity index (χ3v) is 9.79. The van der Waals surface area contributed by atoms with E-state index in [0.29, 0.717) is 6.04 Å². The number of ether oxygens (including phenoxy) is 1. The van der Waals surface area contributed by atoms with Crippen LogP contribution in [0.3, 0.4) is 0 Å². The minimum atomic E-state index is 0.115. The smallest absolute Gasteiger partial charge is 0.120 e. The van der Waals surface area contributed by atoms with E-state index in [1.54, 1.807) is 0 Å². The Labute approximate surface area is 222 Å². The predicted molar refractivity (Wildman–Crippen MR) is 145 cm³/mol. The van der Waals surface area contributed by atoms with Crippen molar-refractivity contribution in [1.82, 2.24) is 34.6 Å². The molecule has 8 heteroatoms. The summed E-state index contributed by atoms with van der Waals surface area (Å²) in [6, 6.07) is 1.44. The van der Waals surface area contributed by atoms with Gasteiger partial charge in [-0.2, -0.15) is 0 Å². The zero-order valence-electron chi connectivity index (χ0n) is 22.6. The second-order valence-corrected chi connectivity index (χ2v) is 12.2. The second kappa shape index (κ2) is 12.0. The van der Waals surface area contributed by atoms with Crippen molar-refractivity contribution in [2.45, 2.75) is 101 Å². The number of piperidine rings is 1. The summed E-state index contributed by atoms with van der Waals surface area (Å²) in [5.41, 5.74) is 0.115. The Kier molecular flexibility index (Phi) is 8.26. The number of imidazole rings is 2. The number of rotatable bonds is 8. The molecule has 2 aromatic heterocycles. The number of morpholine rings is 1. The van der Waals surface area contributed by atoms with Gasteiger partial charge < -0.3 is 19.6 Å². The maximum atomic E-state index is 6.52. The van der Waals surface area contributed by atoms with Crippen LogP contribution in [0.5, 0.6) is 0 Å². The highest BCUT2D eigenvalue weighted by atomic mass is 16.5. The van der Waals surface area contributed by atoms with Gasteiger partial charge in [0.15, 0.2) is 0 Å².